The van der Waals surface area contributed by atoms with Gasteiger partial charge in [-0.05, 0) is 56.3 Å². The second-order valence-electron chi connectivity index (χ2n) is 13.5. The molecule has 2 aliphatic carbocycles. The van der Waals surface area contributed by atoms with E-state index < -0.39 is 0 Å². The first kappa shape index (κ1) is 32.4. The zero-order valence-electron chi connectivity index (χ0n) is 25.4. The van der Waals surface area contributed by atoms with Gasteiger partial charge in [0.25, 0.3) is 0 Å². The maximum absolute atomic E-state index is 2.63. The van der Waals surface area contributed by atoms with E-state index in [1.165, 1.54) is 139 Å². The van der Waals surface area contributed by atoms with Crippen LogP contribution in [0.2, 0.25) is 17.3 Å². The minimum Gasteiger partial charge on any atom is -0.0882 e. The summed E-state index contributed by atoms with van der Waals surface area (Å²) in [7, 11) is 0.545. The summed E-state index contributed by atoms with van der Waals surface area (Å²) in [5, 5.41) is 1.22. The Labute approximate surface area is 233 Å². The molecule has 36 heavy (non-hydrogen) atoms. The Morgan fingerprint density at radius 3 is 1.69 bits per heavy atom. The van der Waals surface area contributed by atoms with Gasteiger partial charge >= 0.3 is 0 Å². The molecule has 2 rings (SSSR count). The van der Waals surface area contributed by atoms with Crippen LogP contribution in [-0.4, -0.2) is 19.0 Å². The summed E-state index contributed by atoms with van der Waals surface area (Å²) in [6.07, 6.45) is 41.1. The highest BCUT2D eigenvalue weighted by Crippen LogP contribution is 2.36. The van der Waals surface area contributed by atoms with Crippen LogP contribution >= 0.6 is 0 Å². The van der Waals surface area contributed by atoms with E-state index in [1.807, 2.05) is 0 Å². The summed E-state index contributed by atoms with van der Waals surface area (Å²) in [6, 6.07) is 0. The molecule has 2 heteroatoms. The van der Waals surface area contributed by atoms with Crippen molar-refractivity contribution in [2.75, 3.05) is 0 Å². The lowest BCUT2D eigenvalue weighted by Crippen LogP contribution is -2.19. The predicted octanol–water partition coefficient (Wildman–Crippen LogP) is 10.7. The molecule has 0 amide bonds. The number of rotatable bonds is 21. The summed E-state index contributed by atoms with van der Waals surface area (Å²) < 4.78 is 0. The Bertz CT molecular complexity index is 499. The molecule has 2 fully saturated rings. The van der Waals surface area contributed by atoms with Gasteiger partial charge in [0.15, 0.2) is 0 Å². The number of unbranched alkanes of at least 4 members (excludes halogenated alkanes) is 12. The quantitative estimate of drug-likeness (QED) is 0.0783. The molecule has 0 radical (unpaired) electrons. The highest BCUT2D eigenvalue weighted by Gasteiger charge is 2.22. The number of allylic oxidation sites excluding steroid dienone is 2. The van der Waals surface area contributed by atoms with Crippen molar-refractivity contribution >= 4 is 19.0 Å². The second kappa shape index (κ2) is 22.0. The van der Waals surface area contributed by atoms with Crippen molar-refractivity contribution in [3.05, 3.63) is 12.2 Å². The van der Waals surface area contributed by atoms with E-state index in [0.29, 0.717) is 0 Å². The summed E-state index contributed by atoms with van der Waals surface area (Å²) >= 11 is 0. The van der Waals surface area contributed by atoms with Gasteiger partial charge in [-0.1, -0.05) is 159 Å². The molecule has 0 bridgehead atoms. The first-order valence-corrected chi connectivity index (χ1v) is 21.2. The van der Waals surface area contributed by atoms with Crippen LogP contribution in [0.1, 0.15) is 168 Å². The van der Waals surface area contributed by atoms with Crippen molar-refractivity contribution in [1.29, 1.82) is 0 Å². The molecule has 0 nitrogen and oxygen atoms in total. The highest BCUT2D eigenvalue weighted by molar-refractivity contribution is 6.58. The van der Waals surface area contributed by atoms with Gasteiger partial charge in [-0.2, -0.15) is 0 Å². The molecule has 0 aromatic rings. The van der Waals surface area contributed by atoms with Gasteiger partial charge in [0.05, 0.1) is 0 Å². The zero-order chi connectivity index (χ0) is 25.7. The molecular formula is C34H68Si2. The standard InChI is InChI=1S/C34H68Si2/c1-4-5-6-7-8-9-10-11-12-13-14-15-16-19-31-22-24-32(25-23-31)20-17-18-21-33-26-28-34(29-27-33)36-30(2)35-3/h17,20,30-34H,4-16,18-19,21-29,35-36H2,1-3H3/b20-17+/t30?,31-,32-,33-,34-. The Kier molecular flexibility index (Phi) is 19.8. The van der Waals surface area contributed by atoms with E-state index in [1.54, 1.807) is 25.7 Å². The highest BCUT2D eigenvalue weighted by atomic mass is 28.3. The lowest BCUT2D eigenvalue weighted by molar-refractivity contribution is 0.288. The zero-order valence-corrected chi connectivity index (χ0v) is 28.3. The molecule has 212 valence electrons. The van der Waals surface area contributed by atoms with Crippen molar-refractivity contribution in [2.24, 2.45) is 17.8 Å². The van der Waals surface area contributed by atoms with E-state index in [9.17, 15) is 0 Å². The van der Waals surface area contributed by atoms with E-state index in [2.05, 4.69) is 32.5 Å². The average Bonchev–Trinajstić information content (AvgIpc) is 2.91. The van der Waals surface area contributed by atoms with E-state index >= 15 is 0 Å². The summed E-state index contributed by atoms with van der Waals surface area (Å²) in [5.74, 6) is 3.03. The molecule has 2 saturated carbocycles. The minimum atomic E-state index is 0.257. The topological polar surface area (TPSA) is 0 Å². The fraction of sp³-hybridized carbons (Fsp3) is 0.941. The normalized spacial score (nSPS) is 26.6. The van der Waals surface area contributed by atoms with Crippen LogP contribution in [0.3, 0.4) is 0 Å². The molecule has 0 heterocycles. The smallest absolute Gasteiger partial charge is 0.0228 e. The first-order valence-electron chi connectivity index (χ1n) is 17.4. The van der Waals surface area contributed by atoms with Gasteiger partial charge in [0.1, 0.15) is 0 Å². The van der Waals surface area contributed by atoms with E-state index in [0.717, 1.165) is 17.8 Å². The van der Waals surface area contributed by atoms with Crippen LogP contribution in [0.4, 0.5) is 0 Å². The fourth-order valence-electron chi connectivity index (χ4n) is 7.23. The van der Waals surface area contributed by atoms with E-state index in [-0.39, 0.29) is 19.0 Å². The Hall–Kier alpha value is 0.174. The molecular weight excluding hydrogens is 465 g/mol. The number of hydrogen-bond donors (Lipinski definition) is 0. The fourth-order valence-corrected chi connectivity index (χ4v) is 12.1. The van der Waals surface area contributed by atoms with E-state index in [4.69, 9.17) is 0 Å². The van der Waals surface area contributed by atoms with Crippen LogP contribution < -0.4 is 0 Å². The molecule has 1 atom stereocenters. The van der Waals surface area contributed by atoms with Gasteiger partial charge < -0.3 is 0 Å². The van der Waals surface area contributed by atoms with Crippen LogP contribution in [0.5, 0.6) is 0 Å². The van der Waals surface area contributed by atoms with Crippen molar-refractivity contribution in [3.8, 4) is 0 Å². The molecule has 1 unspecified atom stereocenters. The number of hydrogen-bond acceptors (Lipinski definition) is 0. The van der Waals surface area contributed by atoms with Gasteiger partial charge in [0.2, 0.25) is 0 Å². The minimum absolute atomic E-state index is 0.257. The van der Waals surface area contributed by atoms with Gasteiger partial charge in [-0.25, -0.2) is 0 Å². The summed E-state index contributed by atoms with van der Waals surface area (Å²) in [5.41, 5.74) is 1.22. The van der Waals surface area contributed by atoms with Crippen molar-refractivity contribution in [1.82, 2.24) is 0 Å². The lowest BCUT2D eigenvalue weighted by Gasteiger charge is -2.29. The third-order valence-corrected chi connectivity index (χ3v) is 16.6. The third kappa shape index (κ3) is 16.2. The summed E-state index contributed by atoms with van der Waals surface area (Å²) in [6.45, 7) is 7.41. The lowest BCUT2D eigenvalue weighted by atomic mass is 9.79. The Morgan fingerprint density at radius 2 is 1.14 bits per heavy atom. The van der Waals surface area contributed by atoms with Crippen molar-refractivity contribution in [3.63, 3.8) is 0 Å². The van der Waals surface area contributed by atoms with Gasteiger partial charge in [0, 0.05) is 19.0 Å². The molecule has 0 aromatic heterocycles. The SMILES string of the molecule is CCCCCCCCCCCCCCC[C@H]1CC[C@H](/C=C/CC[C@H]2CC[C@H]([SiH2]C(C)[SiH2]C)CC2)CC1. The van der Waals surface area contributed by atoms with Gasteiger partial charge in [-0.3, -0.25) is 0 Å². The van der Waals surface area contributed by atoms with Crippen molar-refractivity contribution in [2.45, 2.75) is 185 Å². The maximum Gasteiger partial charge on any atom is 0.0228 e. The maximum atomic E-state index is 2.63. The summed E-state index contributed by atoms with van der Waals surface area (Å²) in [4.78, 5) is 0. The van der Waals surface area contributed by atoms with Crippen LogP contribution in [-0.2, 0) is 0 Å². The average molecular weight is 533 g/mol. The molecule has 0 spiro atoms. The van der Waals surface area contributed by atoms with Crippen LogP contribution in [0, 0.1) is 17.8 Å². The molecule has 2 aliphatic rings. The van der Waals surface area contributed by atoms with Gasteiger partial charge in [-0.15, -0.1) is 0 Å². The molecule has 0 N–H and O–H groups in total. The van der Waals surface area contributed by atoms with Crippen LogP contribution in [0.25, 0.3) is 0 Å². The predicted molar refractivity (Wildman–Crippen MR) is 172 cm³/mol. The second-order valence-corrected chi connectivity index (χ2v) is 19.8. The molecule has 0 aromatic carbocycles. The van der Waals surface area contributed by atoms with Crippen LogP contribution in [0.15, 0.2) is 12.2 Å². The third-order valence-electron chi connectivity index (χ3n) is 10.2. The Morgan fingerprint density at radius 1 is 0.639 bits per heavy atom. The largest absolute Gasteiger partial charge is 0.0882 e. The van der Waals surface area contributed by atoms with Crippen molar-refractivity contribution < 1.29 is 0 Å². The molecule has 0 saturated heterocycles. The molecule has 0 aliphatic heterocycles. The first-order chi connectivity index (χ1) is 17.7. The Balaban J connectivity index is 1.36. The monoisotopic (exact) mass is 532 g/mol.